The molecule has 0 radical (unpaired) electrons. The van der Waals surface area contributed by atoms with Crippen LogP contribution >= 0.6 is 0 Å². The summed E-state index contributed by atoms with van der Waals surface area (Å²) in [5.41, 5.74) is -0.720. The molecule has 0 aromatic carbocycles. The van der Waals surface area contributed by atoms with Gasteiger partial charge in [0.1, 0.15) is 11.2 Å². The van der Waals surface area contributed by atoms with Crippen LogP contribution in [0.25, 0.3) is 0 Å². The molecule has 124 valence electrons. The molecule has 6 nitrogen and oxygen atoms in total. The Labute approximate surface area is 135 Å². The minimum Gasteiger partial charge on any atom is -0.480 e. The van der Waals surface area contributed by atoms with Crippen LogP contribution in [0.4, 0.5) is 5.69 Å². The first-order valence-corrected chi connectivity index (χ1v) is 8.21. The van der Waals surface area contributed by atoms with Crippen molar-refractivity contribution in [2.75, 3.05) is 5.32 Å². The van der Waals surface area contributed by atoms with E-state index >= 15 is 0 Å². The highest BCUT2D eigenvalue weighted by Crippen LogP contribution is 2.64. The predicted molar refractivity (Wildman–Crippen MR) is 84.8 cm³/mol. The number of carboxylic acids is 1. The van der Waals surface area contributed by atoms with Gasteiger partial charge in [0.15, 0.2) is 0 Å². The molecule has 1 spiro atoms. The Hall–Kier alpha value is -1.98. The van der Waals surface area contributed by atoms with E-state index in [1.54, 1.807) is 12.4 Å². The monoisotopic (exact) mass is 317 g/mol. The summed E-state index contributed by atoms with van der Waals surface area (Å²) in [5, 5.41) is 12.2. The third-order valence-electron chi connectivity index (χ3n) is 5.17. The van der Waals surface area contributed by atoms with Crippen LogP contribution in [0, 0.1) is 16.7 Å². The first kappa shape index (κ1) is 15.9. The zero-order valence-electron chi connectivity index (χ0n) is 13.6. The summed E-state index contributed by atoms with van der Waals surface area (Å²) >= 11 is 0. The van der Waals surface area contributed by atoms with Gasteiger partial charge in [-0.2, -0.15) is 0 Å². The van der Waals surface area contributed by atoms with Crippen molar-refractivity contribution in [1.82, 2.24) is 9.97 Å². The molecule has 2 N–H and O–H groups in total. The Kier molecular flexibility index (Phi) is 3.86. The lowest BCUT2D eigenvalue weighted by atomic mass is 9.45. The van der Waals surface area contributed by atoms with Gasteiger partial charge < -0.3 is 10.4 Å². The van der Waals surface area contributed by atoms with Crippen molar-refractivity contribution in [3.63, 3.8) is 0 Å². The molecule has 0 bridgehead atoms. The van der Waals surface area contributed by atoms with Gasteiger partial charge in [-0.15, -0.1) is 0 Å². The van der Waals surface area contributed by atoms with Crippen LogP contribution < -0.4 is 5.32 Å². The minimum atomic E-state index is -1.28. The van der Waals surface area contributed by atoms with Crippen molar-refractivity contribution in [3.8, 4) is 0 Å². The number of carbonyl (C=O) groups is 2. The van der Waals surface area contributed by atoms with Gasteiger partial charge in [0.05, 0.1) is 18.1 Å². The van der Waals surface area contributed by atoms with Crippen molar-refractivity contribution in [2.24, 2.45) is 16.7 Å². The number of aromatic nitrogens is 2. The van der Waals surface area contributed by atoms with E-state index in [-0.39, 0.29) is 5.41 Å². The molecule has 6 heteroatoms. The van der Waals surface area contributed by atoms with Crippen molar-refractivity contribution in [1.29, 1.82) is 0 Å². The van der Waals surface area contributed by atoms with Gasteiger partial charge >= 0.3 is 5.97 Å². The number of carbonyl (C=O) groups excluding carboxylic acids is 1. The Morgan fingerprint density at radius 3 is 2.30 bits per heavy atom. The number of carboxylic acid groups (broad SMARTS) is 1. The fourth-order valence-electron chi connectivity index (χ4n) is 3.81. The molecule has 2 aliphatic rings. The largest absolute Gasteiger partial charge is 0.480 e. The van der Waals surface area contributed by atoms with E-state index in [0.29, 0.717) is 24.4 Å². The van der Waals surface area contributed by atoms with E-state index < -0.39 is 17.3 Å². The summed E-state index contributed by atoms with van der Waals surface area (Å²) in [6.07, 6.45) is 8.01. The molecule has 2 fully saturated rings. The zero-order chi connectivity index (χ0) is 16.7. The van der Waals surface area contributed by atoms with Gasteiger partial charge in [0.25, 0.3) is 0 Å². The van der Waals surface area contributed by atoms with Crippen molar-refractivity contribution >= 4 is 17.6 Å². The number of aliphatic carboxylic acids is 1. The molecular weight excluding hydrogens is 294 g/mol. The minimum absolute atomic E-state index is 0.105. The van der Waals surface area contributed by atoms with Gasteiger partial charge in [-0.25, -0.2) is 9.97 Å². The summed E-state index contributed by atoms with van der Waals surface area (Å²) < 4.78 is 0. The molecule has 2 saturated carbocycles. The average Bonchev–Trinajstić information content (AvgIpc) is 2.37. The first-order chi connectivity index (χ1) is 10.9. The van der Waals surface area contributed by atoms with Gasteiger partial charge in [0.2, 0.25) is 5.91 Å². The highest BCUT2D eigenvalue weighted by atomic mass is 16.4. The molecule has 0 unspecified atom stereocenters. The molecule has 2 aliphatic carbocycles. The van der Waals surface area contributed by atoms with E-state index in [4.69, 9.17) is 0 Å². The topological polar surface area (TPSA) is 92.2 Å². The second-order valence-electron chi connectivity index (χ2n) is 7.53. The second-order valence-corrected chi connectivity index (χ2v) is 7.53. The maximum absolute atomic E-state index is 12.5. The summed E-state index contributed by atoms with van der Waals surface area (Å²) in [7, 11) is 0. The Morgan fingerprint density at radius 2 is 1.87 bits per heavy atom. The maximum Gasteiger partial charge on any atom is 0.319 e. The van der Waals surface area contributed by atoms with Crippen LogP contribution in [0.3, 0.4) is 0 Å². The second kappa shape index (κ2) is 5.58. The van der Waals surface area contributed by atoms with Crippen molar-refractivity contribution in [3.05, 3.63) is 18.2 Å². The van der Waals surface area contributed by atoms with Crippen molar-refractivity contribution < 1.29 is 14.7 Å². The molecule has 3 rings (SSSR count). The number of hydrogen-bond acceptors (Lipinski definition) is 4. The van der Waals surface area contributed by atoms with Gasteiger partial charge in [-0.05, 0) is 37.0 Å². The standard InChI is InChI=1S/C17H23N3O3/c1-11(2)6-13-18-7-12(8-19-13)20-14(21)17(15(22)23)9-16(10-17)4-3-5-16/h7-8,11H,3-6,9-10H2,1-2H3,(H,20,21)(H,22,23). The summed E-state index contributed by atoms with van der Waals surface area (Å²) in [4.78, 5) is 32.6. The van der Waals surface area contributed by atoms with Crippen LogP contribution in [0.2, 0.25) is 0 Å². The van der Waals surface area contributed by atoms with Crippen LogP contribution in [0.15, 0.2) is 12.4 Å². The fraction of sp³-hybridized carbons (Fsp3) is 0.647. The van der Waals surface area contributed by atoms with E-state index in [9.17, 15) is 14.7 Å². The number of nitrogens with one attached hydrogen (secondary N) is 1. The van der Waals surface area contributed by atoms with Crippen molar-refractivity contribution in [2.45, 2.75) is 52.4 Å². The molecule has 23 heavy (non-hydrogen) atoms. The fourth-order valence-corrected chi connectivity index (χ4v) is 3.81. The lowest BCUT2D eigenvalue weighted by Crippen LogP contribution is -2.59. The summed E-state index contributed by atoms with van der Waals surface area (Å²) in [6.45, 7) is 4.17. The molecule has 1 aromatic rings. The highest BCUT2D eigenvalue weighted by molar-refractivity contribution is 6.09. The lowest BCUT2D eigenvalue weighted by Gasteiger charge is -2.57. The molecule has 1 aromatic heterocycles. The first-order valence-electron chi connectivity index (χ1n) is 8.21. The van der Waals surface area contributed by atoms with Crippen LogP contribution in [-0.4, -0.2) is 27.0 Å². The van der Waals surface area contributed by atoms with Crippen LogP contribution in [0.1, 0.15) is 51.8 Å². The third-order valence-corrected chi connectivity index (χ3v) is 5.17. The molecule has 0 aliphatic heterocycles. The Morgan fingerprint density at radius 1 is 1.26 bits per heavy atom. The van der Waals surface area contributed by atoms with E-state index in [1.165, 1.54) is 0 Å². The quantitative estimate of drug-likeness (QED) is 0.815. The number of amides is 1. The van der Waals surface area contributed by atoms with E-state index in [2.05, 4.69) is 29.1 Å². The van der Waals surface area contributed by atoms with E-state index in [1.807, 2.05) is 0 Å². The van der Waals surface area contributed by atoms with E-state index in [0.717, 1.165) is 31.5 Å². The lowest BCUT2D eigenvalue weighted by molar-refractivity contribution is -0.178. The molecular formula is C17H23N3O3. The zero-order valence-corrected chi connectivity index (χ0v) is 13.6. The Balaban J connectivity index is 1.67. The highest BCUT2D eigenvalue weighted by Gasteiger charge is 2.65. The normalized spacial score (nSPS) is 20.7. The molecule has 0 saturated heterocycles. The average molecular weight is 317 g/mol. The van der Waals surface area contributed by atoms with Crippen LogP contribution in [0.5, 0.6) is 0 Å². The smallest absolute Gasteiger partial charge is 0.319 e. The number of anilines is 1. The number of rotatable bonds is 5. The summed E-state index contributed by atoms with van der Waals surface area (Å²) in [5.74, 6) is -0.282. The predicted octanol–water partition coefficient (Wildman–Crippen LogP) is 2.65. The van der Waals surface area contributed by atoms with Crippen LogP contribution in [-0.2, 0) is 16.0 Å². The molecule has 1 amide bonds. The summed E-state index contributed by atoms with van der Waals surface area (Å²) in [6, 6.07) is 0. The number of nitrogens with zero attached hydrogens (tertiary/aromatic N) is 2. The Bertz CT molecular complexity index is 612. The molecule has 1 heterocycles. The molecule has 0 atom stereocenters. The van der Waals surface area contributed by atoms with Gasteiger partial charge in [0, 0.05) is 6.42 Å². The van der Waals surface area contributed by atoms with Gasteiger partial charge in [-0.3, -0.25) is 9.59 Å². The number of hydrogen-bond donors (Lipinski definition) is 2. The third kappa shape index (κ3) is 2.82. The maximum atomic E-state index is 12.5. The van der Waals surface area contributed by atoms with Gasteiger partial charge in [-0.1, -0.05) is 20.3 Å². The SMILES string of the molecule is CC(C)Cc1ncc(NC(=O)C2(C(=O)O)CC3(CCC3)C2)cn1.